The predicted octanol–water partition coefficient (Wildman–Crippen LogP) is 4.53. The minimum absolute atomic E-state index is 0.215. The van der Waals surface area contributed by atoms with E-state index in [1.807, 2.05) is 43.3 Å². The summed E-state index contributed by atoms with van der Waals surface area (Å²) < 4.78 is 35.8. The molecule has 0 spiro atoms. The van der Waals surface area contributed by atoms with Gasteiger partial charge in [-0.1, -0.05) is 17.7 Å². The molecule has 3 atom stereocenters. The van der Waals surface area contributed by atoms with Crippen molar-refractivity contribution >= 4 is 16.6 Å². The molecular formula is C26H26O6S. The van der Waals surface area contributed by atoms with E-state index in [4.69, 9.17) is 18.9 Å². The number of rotatable bonds is 7. The maximum Gasteiger partial charge on any atom is 0.180 e. The van der Waals surface area contributed by atoms with Gasteiger partial charge in [0.25, 0.3) is 0 Å². The second kappa shape index (κ2) is 9.27. The average Bonchev–Trinajstić information content (AvgIpc) is 3.15. The van der Waals surface area contributed by atoms with Gasteiger partial charge < -0.3 is 18.9 Å². The number of hydrogen-bond acceptors (Lipinski definition) is 6. The minimum atomic E-state index is -1.62. The second-order valence-corrected chi connectivity index (χ2v) is 9.38. The van der Waals surface area contributed by atoms with Gasteiger partial charge in [-0.15, -0.1) is 0 Å². The van der Waals surface area contributed by atoms with Gasteiger partial charge in [0.05, 0.1) is 39.2 Å². The van der Waals surface area contributed by atoms with E-state index >= 15 is 0 Å². The van der Waals surface area contributed by atoms with Gasteiger partial charge in [0.15, 0.2) is 5.78 Å². The highest BCUT2D eigenvalue weighted by Crippen LogP contribution is 2.49. The topological polar surface area (TPSA) is 71.1 Å². The van der Waals surface area contributed by atoms with Crippen molar-refractivity contribution < 1.29 is 28.0 Å². The molecule has 1 aliphatic rings. The fraction of sp³-hybridized carbons (Fsp3) is 0.269. The van der Waals surface area contributed by atoms with E-state index in [1.54, 1.807) is 39.5 Å². The SMILES string of the molecule is COc1cc(OC)cc([C@H]2c3c(OC)cc(OC)cc3C(=O)[C@@H]2S(=O)c2ccc(C)cc2)c1. The first-order valence-electron chi connectivity index (χ1n) is 10.4. The van der Waals surface area contributed by atoms with Crippen molar-refractivity contribution in [3.8, 4) is 23.0 Å². The van der Waals surface area contributed by atoms with Crippen molar-refractivity contribution in [1.82, 2.24) is 0 Å². The highest BCUT2D eigenvalue weighted by Gasteiger charge is 2.47. The van der Waals surface area contributed by atoms with E-state index in [2.05, 4.69) is 0 Å². The molecule has 1 unspecified atom stereocenters. The highest BCUT2D eigenvalue weighted by molar-refractivity contribution is 7.86. The quantitative estimate of drug-likeness (QED) is 0.509. The summed E-state index contributed by atoms with van der Waals surface area (Å²) in [7, 11) is 4.60. The van der Waals surface area contributed by atoms with Crippen LogP contribution >= 0.6 is 0 Å². The Balaban J connectivity index is 1.96. The summed E-state index contributed by atoms with van der Waals surface area (Å²) in [6.07, 6.45) is 0. The zero-order chi connectivity index (χ0) is 23.7. The van der Waals surface area contributed by atoms with Crippen LogP contribution in [0, 0.1) is 6.92 Å². The van der Waals surface area contributed by atoms with E-state index < -0.39 is 22.0 Å². The van der Waals surface area contributed by atoms with Crippen LogP contribution in [0.5, 0.6) is 23.0 Å². The number of carbonyl (C=O) groups is 1. The number of ether oxygens (including phenoxy) is 4. The van der Waals surface area contributed by atoms with E-state index in [1.165, 1.54) is 7.11 Å². The van der Waals surface area contributed by atoms with Gasteiger partial charge in [0.2, 0.25) is 0 Å². The monoisotopic (exact) mass is 466 g/mol. The van der Waals surface area contributed by atoms with Crippen LogP contribution in [0.1, 0.15) is 33.0 Å². The molecule has 0 heterocycles. The van der Waals surface area contributed by atoms with Gasteiger partial charge in [-0.05, 0) is 42.8 Å². The molecule has 0 amide bonds. The van der Waals surface area contributed by atoms with Crippen molar-refractivity contribution in [1.29, 1.82) is 0 Å². The second-order valence-electron chi connectivity index (χ2n) is 7.81. The Morgan fingerprint density at radius 2 is 1.33 bits per heavy atom. The molecule has 0 saturated carbocycles. The summed E-state index contributed by atoms with van der Waals surface area (Å²) >= 11 is 0. The molecule has 3 aromatic rings. The van der Waals surface area contributed by atoms with Gasteiger partial charge in [-0.2, -0.15) is 0 Å². The van der Waals surface area contributed by atoms with Crippen LogP contribution in [0.4, 0.5) is 0 Å². The first-order chi connectivity index (χ1) is 15.9. The Hall–Kier alpha value is -3.32. The largest absolute Gasteiger partial charge is 0.497 e. The Bertz CT molecular complexity index is 1200. The smallest absolute Gasteiger partial charge is 0.180 e. The molecule has 3 aromatic carbocycles. The van der Waals surface area contributed by atoms with E-state index in [0.717, 1.165) is 11.1 Å². The fourth-order valence-corrected chi connectivity index (χ4v) is 5.82. The van der Waals surface area contributed by atoms with Crippen LogP contribution in [-0.4, -0.2) is 43.7 Å². The van der Waals surface area contributed by atoms with Crippen LogP contribution in [0.2, 0.25) is 0 Å². The van der Waals surface area contributed by atoms with Crippen molar-refractivity contribution in [3.05, 3.63) is 76.9 Å². The fourth-order valence-electron chi connectivity index (χ4n) is 4.26. The average molecular weight is 467 g/mol. The van der Waals surface area contributed by atoms with Gasteiger partial charge in [0, 0.05) is 34.1 Å². The maximum absolute atomic E-state index is 13.8. The van der Waals surface area contributed by atoms with Crippen LogP contribution < -0.4 is 18.9 Å². The van der Waals surface area contributed by atoms with Crippen molar-refractivity contribution in [2.75, 3.05) is 28.4 Å². The minimum Gasteiger partial charge on any atom is -0.497 e. The molecule has 0 N–H and O–H groups in total. The number of hydrogen-bond donors (Lipinski definition) is 0. The van der Waals surface area contributed by atoms with Gasteiger partial charge in [-0.25, -0.2) is 0 Å². The molecule has 1 aliphatic carbocycles. The summed E-state index contributed by atoms with van der Waals surface area (Å²) in [5, 5.41) is -0.847. The Morgan fingerprint density at radius 1 is 0.758 bits per heavy atom. The third-order valence-electron chi connectivity index (χ3n) is 5.93. The molecule has 0 aromatic heterocycles. The first-order valence-corrected chi connectivity index (χ1v) is 11.6. The van der Waals surface area contributed by atoms with Gasteiger partial charge in [0.1, 0.15) is 28.2 Å². The summed E-state index contributed by atoms with van der Waals surface area (Å²) in [6.45, 7) is 1.96. The third kappa shape index (κ3) is 4.09. The first kappa shape index (κ1) is 22.9. The number of Topliss-reactive ketones (excluding diaryl/α,β-unsaturated/α-hetero) is 1. The predicted molar refractivity (Wildman–Crippen MR) is 127 cm³/mol. The highest BCUT2D eigenvalue weighted by atomic mass is 32.2. The van der Waals surface area contributed by atoms with E-state index in [9.17, 15) is 9.00 Å². The lowest BCUT2D eigenvalue weighted by atomic mass is 9.91. The van der Waals surface area contributed by atoms with E-state index in [-0.39, 0.29) is 5.78 Å². The zero-order valence-corrected chi connectivity index (χ0v) is 20.0. The van der Waals surface area contributed by atoms with Crippen LogP contribution in [0.25, 0.3) is 0 Å². The summed E-state index contributed by atoms with van der Waals surface area (Å²) in [4.78, 5) is 14.3. The lowest BCUT2D eigenvalue weighted by Gasteiger charge is -2.22. The molecule has 172 valence electrons. The molecule has 7 heteroatoms. The summed E-state index contributed by atoms with van der Waals surface area (Å²) in [6, 6.07) is 16.3. The van der Waals surface area contributed by atoms with Crippen LogP contribution in [0.3, 0.4) is 0 Å². The number of benzene rings is 3. The third-order valence-corrected chi connectivity index (χ3v) is 7.61. The number of carbonyl (C=O) groups excluding carboxylic acids is 1. The zero-order valence-electron chi connectivity index (χ0n) is 19.2. The van der Waals surface area contributed by atoms with Crippen molar-refractivity contribution in [3.63, 3.8) is 0 Å². The standard InChI is InChI=1S/C26H26O6S/c1-15-6-8-20(9-7-15)33(28)26-23(16-10-17(29-2)12-18(11-16)30-3)24-21(25(26)27)13-19(31-4)14-22(24)32-5/h6-14,23,26H,1-5H3/t23-,26+,33?/m0/s1. The normalized spacial score (nSPS) is 17.9. The molecule has 0 radical (unpaired) electrons. The van der Waals surface area contributed by atoms with E-state index in [0.29, 0.717) is 39.0 Å². The van der Waals surface area contributed by atoms with Crippen molar-refractivity contribution in [2.45, 2.75) is 23.0 Å². The van der Waals surface area contributed by atoms with Gasteiger partial charge in [-0.3, -0.25) is 9.00 Å². The summed E-state index contributed by atoms with van der Waals surface area (Å²) in [5.41, 5.74) is 2.94. The van der Waals surface area contributed by atoms with Crippen molar-refractivity contribution in [2.24, 2.45) is 0 Å². The number of methoxy groups -OCH3 is 4. The number of ketones is 1. The number of fused-ring (bicyclic) bond motifs is 1. The molecule has 0 aliphatic heterocycles. The maximum atomic E-state index is 13.8. The molecule has 0 saturated heterocycles. The summed E-state index contributed by atoms with van der Waals surface area (Å²) in [5.74, 6) is 1.43. The molecule has 33 heavy (non-hydrogen) atoms. The molecular weight excluding hydrogens is 440 g/mol. The lowest BCUT2D eigenvalue weighted by molar-refractivity contribution is 0.0995. The molecule has 4 rings (SSSR count). The van der Waals surface area contributed by atoms with Crippen LogP contribution in [-0.2, 0) is 10.8 Å². The molecule has 0 bridgehead atoms. The lowest BCUT2D eigenvalue weighted by Crippen LogP contribution is -2.27. The Morgan fingerprint density at radius 3 is 1.88 bits per heavy atom. The molecule has 0 fully saturated rings. The Labute approximate surface area is 195 Å². The van der Waals surface area contributed by atoms with Gasteiger partial charge >= 0.3 is 0 Å². The Kier molecular flexibility index (Phi) is 6.42. The molecule has 6 nitrogen and oxygen atoms in total. The number of aryl methyl sites for hydroxylation is 1. The van der Waals surface area contributed by atoms with Crippen LogP contribution in [0.15, 0.2) is 59.5 Å².